The molecule has 0 saturated heterocycles. The van der Waals surface area contributed by atoms with Gasteiger partial charge in [-0.15, -0.1) is 0 Å². The van der Waals surface area contributed by atoms with Crippen molar-refractivity contribution in [3.05, 3.63) is 47.8 Å². The molecule has 0 aliphatic carbocycles. The van der Waals surface area contributed by atoms with E-state index in [1.54, 1.807) is 6.20 Å². The lowest BCUT2D eigenvalue weighted by Crippen LogP contribution is -2.37. The molecule has 0 saturated carbocycles. The Hall–Kier alpha value is -2.50. The number of para-hydroxylation sites is 1. The summed E-state index contributed by atoms with van der Waals surface area (Å²) in [6, 6.07) is 10.1. The molecule has 2 N–H and O–H groups in total. The van der Waals surface area contributed by atoms with Gasteiger partial charge in [0.2, 0.25) is 0 Å². The van der Waals surface area contributed by atoms with Gasteiger partial charge in [0.05, 0.1) is 25.4 Å². The maximum absolute atomic E-state index is 5.95. The van der Waals surface area contributed by atoms with Crippen molar-refractivity contribution in [1.29, 1.82) is 0 Å². The Balaban J connectivity index is 1.98. The zero-order chi connectivity index (χ0) is 18.8. The zero-order valence-corrected chi connectivity index (χ0v) is 16.3. The SMILES string of the molecule is CCNC(=NCc1ccccc1OCCC(C)C)NCc1ccnn1C. The van der Waals surface area contributed by atoms with E-state index < -0.39 is 0 Å². The molecule has 0 atom stereocenters. The number of benzene rings is 1. The van der Waals surface area contributed by atoms with Crippen molar-refractivity contribution in [2.24, 2.45) is 18.0 Å². The Morgan fingerprint density at radius 2 is 2.04 bits per heavy atom. The highest BCUT2D eigenvalue weighted by molar-refractivity contribution is 5.79. The third-order valence-electron chi connectivity index (χ3n) is 4.04. The number of aromatic nitrogens is 2. The molecule has 142 valence electrons. The monoisotopic (exact) mass is 357 g/mol. The Kier molecular flexibility index (Phi) is 7.99. The van der Waals surface area contributed by atoms with Crippen LogP contribution in [-0.2, 0) is 20.1 Å². The van der Waals surface area contributed by atoms with E-state index >= 15 is 0 Å². The molecular weight excluding hydrogens is 326 g/mol. The second kappa shape index (κ2) is 10.5. The fourth-order valence-corrected chi connectivity index (χ4v) is 2.43. The first-order valence-corrected chi connectivity index (χ1v) is 9.30. The summed E-state index contributed by atoms with van der Waals surface area (Å²) >= 11 is 0. The lowest BCUT2D eigenvalue weighted by atomic mass is 10.1. The largest absolute Gasteiger partial charge is 0.493 e. The summed E-state index contributed by atoms with van der Waals surface area (Å²) in [4.78, 5) is 4.70. The molecule has 2 aromatic rings. The summed E-state index contributed by atoms with van der Waals surface area (Å²) in [5.74, 6) is 2.34. The van der Waals surface area contributed by atoms with Crippen LogP contribution in [0.3, 0.4) is 0 Å². The Morgan fingerprint density at radius 1 is 1.23 bits per heavy atom. The number of ether oxygens (including phenoxy) is 1. The van der Waals surface area contributed by atoms with Gasteiger partial charge in [-0.1, -0.05) is 32.0 Å². The van der Waals surface area contributed by atoms with Crippen molar-refractivity contribution in [3.8, 4) is 5.75 Å². The van der Waals surface area contributed by atoms with Crippen LogP contribution >= 0.6 is 0 Å². The number of aryl methyl sites for hydroxylation is 1. The van der Waals surface area contributed by atoms with E-state index in [1.807, 2.05) is 36.0 Å². The minimum atomic E-state index is 0.568. The van der Waals surface area contributed by atoms with Gasteiger partial charge in [-0.3, -0.25) is 4.68 Å². The molecule has 0 radical (unpaired) electrons. The van der Waals surface area contributed by atoms with Gasteiger partial charge in [-0.05, 0) is 31.4 Å². The maximum atomic E-state index is 5.95. The van der Waals surface area contributed by atoms with Crippen LogP contribution in [0.2, 0.25) is 0 Å². The molecule has 0 aliphatic rings. The van der Waals surface area contributed by atoms with Crippen LogP contribution in [-0.4, -0.2) is 28.9 Å². The number of rotatable bonds is 9. The lowest BCUT2D eigenvalue weighted by Gasteiger charge is -2.13. The summed E-state index contributed by atoms with van der Waals surface area (Å²) in [6.45, 7) is 9.25. The van der Waals surface area contributed by atoms with Gasteiger partial charge in [0, 0.05) is 25.4 Å². The van der Waals surface area contributed by atoms with Crippen LogP contribution in [0, 0.1) is 5.92 Å². The van der Waals surface area contributed by atoms with Crippen molar-refractivity contribution in [1.82, 2.24) is 20.4 Å². The Labute approximate surface area is 156 Å². The molecule has 2 rings (SSSR count). The van der Waals surface area contributed by atoms with E-state index in [0.717, 1.165) is 42.5 Å². The highest BCUT2D eigenvalue weighted by Gasteiger charge is 2.05. The highest BCUT2D eigenvalue weighted by Crippen LogP contribution is 2.19. The van der Waals surface area contributed by atoms with Crippen LogP contribution in [0.1, 0.15) is 38.4 Å². The van der Waals surface area contributed by atoms with E-state index in [4.69, 9.17) is 9.73 Å². The first kappa shape index (κ1) is 19.8. The van der Waals surface area contributed by atoms with Crippen LogP contribution in [0.25, 0.3) is 0 Å². The number of aliphatic imine (C=N–C) groups is 1. The summed E-state index contributed by atoms with van der Waals surface area (Å²) in [5, 5.41) is 10.8. The quantitative estimate of drug-likeness (QED) is 0.535. The minimum absolute atomic E-state index is 0.568. The third kappa shape index (κ3) is 6.43. The smallest absolute Gasteiger partial charge is 0.191 e. The topological polar surface area (TPSA) is 63.5 Å². The number of guanidine groups is 1. The molecule has 0 spiro atoms. The standard InChI is InChI=1S/C20H31N5O/c1-5-21-20(23-15-18-10-12-24-25(18)4)22-14-17-8-6-7-9-19(17)26-13-11-16(2)3/h6-10,12,16H,5,11,13-15H2,1-4H3,(H2,21,22,23). The normalized spacial score (nSPS) is 11.7. The molecule has 1 aromatic heterocycles. The second-order valence-electron chi connectivity index (χ2n) is 6.63. The van der Waals surface area contributed by atoms with E-state index in [-0.39, 0.29) is 0 Å². The molecular formula is C20H31N5O. The van der Waals surface area contributed by atoms with E-state index in [1.165, 1.54) is 0 Å². The predicted molar refractivity (Wildman–Crippen MR) is 106 cm³/mol. The average Bonchev–Trinajstić information content (AvgIpc) is 3.03. The molecule has 26 heavy (non-hydrogen) atoms. The number of nitrogens with zero attached hydrogens (tertiary/aromatic N) is 3. The molecule has 1 aromatic carbocycles. The zero-order valence-electron chi connectivity index (χ0n) is 16.3. The fourth-order valence-electron chi connectivity index (χ4n) is 2.43. The second-order valence-corrected chi connectivity index (χ2v) is 6.63. The Bertz CT molecular complexity index is 693. The van der Waals surface area contributed by atoms with Crippen molar-refractivity contribution in [2.75, 3.05) is 13.2 Å². The fraction of sp³-hybridized carbons (Fsp3) is 0.500. The molecule has 0 aliphatic heterocycles. The first-order valence-electron chi connectivity index (χ1n) is 9.30. The molecule has 0 amide bonds. The number of nitrogens with one attached hydrogen (secondary N) is 2. The predicted octanol–water partition coefficient (Wildman–Crippen LogP) is 3.10. The van der Waals surface area contributed by atoms with Crippen molar-refractivity contribution < 1.29 is 4.74 Å². The summed E-state index contributed by atoms with van der Waals surface area (Å²) in [5.41, 5.74) is 2.20. The lowest BCUT2D eigenvalue weighted by molar-refractivity contribution is 0.287. The number of hydrogen-bond donors (Lipinski definition) is 2. The van der Waals surface area contributed by atoms with E-state index in [9.17, 15) is 0 Å². The van der Waals surface area contributed by atoms with Gasteiger partial charge in [0.25, 0.3) is 0 Å². The Morgan fingerprint density at radius 3 is 2.73 bits per heavy atom. The van der Waals surface area contributed by atoms with Gasteiger partial charge in [0.15, 0.2) is 5.96 Å². The summed E-state index contributed by atoms with van der Waals surface area (Å²) in [7, 11) is 1.94. The average molecular weight is 358 g/mol. The van der Waals surface area contributed by atoms with Crippen molar-refractivity contribution >= 4 is 5.96 Å². The molecule has 6 heteroatoms. The molecule has 0 bridgehead atoms. The van der Waals surface area contributed by atoms with Crippen LogP contribution in [0.5, 0.6) is 5.75 Å². The van der Waals surface area contributed by atoms with Crippen LogP contribution < -0.4 is 15.4 Å². The van der Waals surface area contributed by atoms with E-state index in [0.29, 0.717) is 19.0 Å². The molecule has 0 fully saturated rings. The number of hydrogen-bond acceptors (Lipinski definition) is 3. The first-order chi connectivity index (χ1) is 12.6. The minimum Gasteiger partial charge on any atom is -0.493 e. The summed E-state index contributed by atoms with van der Waals surface area (Å²) in [6.07, 6.45) is 2.85. The van der Waals surface area contributed by atoms with E-state index in [2.05, 4.69) is 42.6 Å². The van der Waals surface area contributed by atoms with Crippen molar-refractivity contribution in [3.63, 3.8) is 0 Å². The van der Waals surface area contributed by atoms with Gasteiger partial charge in [-0.2, -0.15) is 5.10 Å². The highest BCUT2D eigenvalue weighted by atomic mass is 16.5. The van der Waals surface area contributed by atoms with Gasteiger partial charge < -0.3 is 15.4 Å². The summed E-state index contributed by atoms with van der Waals surface area (Å²) < 4.78 is 7.81. The van der Waals surface area contributed by atoms with Gasteiger partial charge in [-0.25, -0.2) is 4.99 Å². The van der Waals surface area contributed by atoms with Crippen LogP contribution in [0.15, 0.2) is 41.5 Å². The third-order valence-corrected chi connectivity index (χ3v) is 4.04. The van der Waals surface area contributed by atoms with Gasteiger partial charge in [0.1, 0.15) is 5.75 Å². The molecule has 0 unspecified atom stereocenters. The van der Waals surface area contributed by atoms with Crippen LogP contribution in [0.4, 0.5) is 0 Å². The molecule has 6 nitrogen and oxygen atoms in total. The van der Waals surface area contributed by atoms with Gasteiger partial charge >= 0.3 is 0 Å². The molecule has 1 heterocycles. The maximum Gasteiger partial charge on any atom is 0.191 e. The van der Waals surface area contributed by atoms with Crippen molar-refractivity contribution in [2.45, 2.75) is 40.3 Å².